The number of anilines is 1. The highest BCUT2D eigenvalue weighted by Crippen LogP contribution is 2.29. The minimum Gasteiger partial charge on any atom is -0.477 e. The van der Waals surface area contributed by atoms with Crippen LogP contribution in [0.5, 0.6) is 0 Å². The summed E-state index contributed by atoms with van der Waals surface area (Å²) in [6.07, 6.45) is 6.68. The van der Waals surface area contributed by atoms with Gasteiger partial charge in [0.05, 0.1) is 6.54 Å². The largest absolute Gasteiger partial charge is 0.477 e. The standard InChI is InChI=1S/C23H27ClN4O2/c1-15-25-20-10-11-21(23(29)30)26-22(20)28(15)14-17-8-9-18(12-19(17)24)27(2)13-16-6-4-3-5-7-16/h8-12,16H,3-7,13-14H2,1-2H3,(H,29,30). The number of imidazole rings is 1. The molecule has 1 aliphatic rings. The molecule has 0 saturated heterocycles. The van der Waals surface area contributed by atoms with Gasteiger partial charge in [0.2, 0.25) is 0 Å². The van der Waals surface area contributed by atoms with Gasteiger partial charge >= 0.3 is 5.97 Å². The Bertz CT molecular complexity index is 1070. The van der Waals surface area contributed by atoms with E-state index in [1.807, 2.05) is 23.6 Å². The molecule has 0 amide bonds. The first-order valence-electron chi connectivity index (χ1n) is 10.5. The molecular weight excluding hydrogens is 400 g/mol. The Kier molecular flexibility index (Phi) is 5.95. The Morgan fingerprint density at radius 3 is 2.67 bits per heavy atom. The van der Waals surface area contributed by atoms with E-state index < -0.39 is 5.97 Å². The van der Waals surface area contributed by atoms with Crippen LogP contribution in [-0.4, -0.2) is 39.2 Å². The second-order valence-corrected chi connectivity index (χ2v) is 8.66. The first kappa shape index (κ1) is 20.7. The Morgan fingerprint density at radius 2 is 1.97 bits per heavy atom. The number of nitrogens with zero attached hydrogens (tertiary/aromatic N) is 4. The van der Waals surface area contributed by atoms with Crippen LogP contribution < -0.4 is 4.90 Å². The van der Waals surface area contributed by atoms with Crippen molar-refractivity contribution >= 4 is 34.4 Å². The van der Waals surface area contributed by atoms with Gasteiger partial charge in [-0.3, -0.25) is 0 Å². The molecule has 30 heavy (non-hydrogen) atoms. The first-order chi connectivity index (χ1) is 14.4. The summed E-state index contributed by atoms with van der Waals surface area (Å²) in [4.78, 5) is 22.4. The highest BCUT2D eigenvalue weighted by atomic mass is 35.5. The third-order valence-corrected chi connectivity index (χ3v) is 6.42. The maximum Gasteiger partial charge on any atom is 0.354 e. The Morgan fingerprint density at radius 1 is 1.20 bits per heavy atom. The van der Waals surface area contributed by atoms with Gasteiger partial charge in [0.1, 0.15) is 11.3 Å². The summed E-state index contributed by atoms with van der Waals surface area (Å²) in [5.41, 5.74) is 3.32. The molecule has 2 heterocycles. The average molecular weight is 427 g/mol. The van der Waals surface area contributed by atoms with Crippen LogP contribution >= 0.6 is 11.6 Å². The lowest BCUT2D eigenvalue weighted by Crippen LogP contribution is -2.26. The number of aromatic nitrogens is 3. The van der Waals surface area contributed by atoms with Gasteiger partial charge in [-0.05, 0) is 55.5 Å². The molecule has 0 aliphatic heterocycles. The highest BCUT2D eigenvalue weighted by Gasteiger charge is 2.17. The van der Waals surface area contributed by atoms with Crippen LogP contribution in [0.4, 0.5) is 5.69 Å². The lowest BCUT2D eigenvalue weighted by Gasteiger charge is -2.28. The molecule has 1 saturated carbocycles. The van der Waals surface area contributed by atoms with E-state index in [2.05, 4.69) is 28.0 Å². The van der Waals surface area contributed by atoms with Gasteiger partial charge in [0.25, 0.3) is 0 Å². The van der Waals surface area contributed by atoms with E-state index in [0.717, 1.165) is 29.5 Å². The number of rotatable bonds is 6. The van der Waals surface area contributed by atoms with Crippen molar-refractivity contribution in [2.24, 2.45) is 5.92 Å². The smallest absolute Gasteiger partial charge is 0.354 e. The van der Waals surface area contributed by atoms with E-state index in [4.69, 9.17) is 11.6 Å². The predicted octanol–water partition coefficient (Wildman–Crippen LogP) is 5.16. The van der Waals surface area contributed by atoms with Crippen molar-refractivity contribution in [1.29, 1.82) is 0 Å². The van der Waals surface area contributed by atoms with E-state index in [1.165, 1.54) is 38.2 Å². The fourth-order valence-corrected chi connectivity index (χ4v) is 4.59. The van der Waals surface area contributed by atoms with Crippen molar-refractivity contribution in [1.82, 2.24) is 14.5 Å². The molecule has 158 valence electrons. The van der Waals surface area contributed by atoms with Crippen molar-refractivity contribution in [3.05, 3.63) is 52.4 Å². The van der Waals surface area contributed by atoms with E-state index >= 15 is 0 Å². The Hall–Kier alpha value is -2.60. The summed E-state index contributed by atoms with van der Waals surface area (Å²) < 4.78 is 1.91. The van der Waals surface area contributed by atoms with Gasteiger partial charge in [0, 0.05) is 24.3 Å². The lowest BCUT2D eigenvalue weighted by molar-refractivity contribution is 0.0691. The number of aromatic carboxylic acids is 1. The number of carboxylic acids is 1. The number of hydrogen-bond acceptors (Lipinski definition) is 4. The fourth-order valence-electron chi connectivity index (χ4n) is 4.36. The second kappa shape index (κ2) is 8.64. The predicted molar refractivity (Wildman–Crippen MR) is 120 cm³/mol. The van der Waals surface area contributed by atoms with Crippen molar-refractivity contribution in [2.75, 3.05) is 18.5 Å². The number of halogens is 1. The number of aryl methyl sites for hydroxylation is 1. The normalized spacial score (nSPS) is 14.9. The molecule has 3 aromatic rings. The quantitative estimate of drug-likeness (QED) is 0.589. The molecule has 6 nitrogen and oxygen atoms in total. The van der Waals surface area contributed by atoms with Gasteiger partial charge < -0.3 is 14.6 Å². The summed E-state index contributed by atoms with van der Waals surface area (Å²) in [5, 5.41) is 9.95. The monoisotopic (exact) mass is 426 g/mol. The molecule has 1 fully saturated rings. The number of pyridine rings is 1. The minimum atomic E-state index is -1.05. The van der Waals surface area contributed by atoms with Crippen molar-refractivity contribution < 1.29 is 9.90 Å². The van der Waals surface area contributed by atoms with Crippen LogP contribution in [0.3, 0.4) is 0 Å². The summed E-state index contributed by atoms with van der Waals surface area (Å²) in [7, 11) is 2.13. The first-order valence-corrected chi connectivity index (χ1v) is 10.9. The van der Waals surface area contributed by atoms with E-state index in [1.54, 1.807) is 6.07 Å². The summed E-state index contributed by atoms with van der Waals surface area (Å²) in [6, 6.07) is 9.34. The summed E-state index contributed by atoms with van der Waals surface area (Å²) in [5.74, 6) is 0.483. The van der Waals surface area contributed by atoms with Crippen molar-refractivity contribution in [3.8, 4) is 0 Å². The topological polar surface area (TPSA) is 71.2 Å². The number of fused-ring (bicyclic) bond motifs is 1. The molecule has 1 N–H and O–H groups in total. The molecule has 2 aromatic heterocycles. The van der Waals surface area contributed by atoms with Crippen molar-refractivity contribution in [2.45, 2.75) is 45.6 Å². The summed E-state index contributed by atoms with van der Waals surface area (Å²) >= 11 is 6.64. The fraction of sp³-hybridized carbons (Fsp3) is 0.435. The van der Waals surface area contributed by atoms with Gasteiger partial charge in [-0.1, -0.05) is 36.9 Å². The van der Waals surface area contributed by atoms with Crippen LogP contribution in [-0.2, 0) is 6.54 Å². The average Bonchev–Trinajstić information content (AvgIpc) is 3.04. The van der Waals surface area contributed by atoms with Gasteiger partial charge in [-0.15, -0.1) is 0 Å². The zero-order valence-corrected chi connectivity index (χ0v) is 18.2. The lowest BCUT2D eigenvalue weighted by atomic mass is 9.89. The van der Waals surface area contributed by atoms with Gasteiger partial charge in [-0.2, -0.15) is 0 Å². The Labute approximate surface area is 181 Å². The van der Waals surface area contributed by atoms with Gasteiger partial charge in [-0.25, -0.2) is 14.8 Å². The van der Waals surface area contributed by atoms with Crippen molar-refractivity contribution in [3.63, 3.8) is 0 Å². The van der Waals surface area contributed by atoms with E-state index in [0.29, 0.717) is 22.7 Å². The molecule has 7 heteroatoms. The van der Waals surface area contributed by atoms with Crippen LogP contribution in [0.25, 0.3) is 11.2 Å². The van der Waals surface area contributed by atoms with E-state index in [9.17, 15) is 9.90 Å². The zero-order chi connectivity index (χ0) is 21.3. The maximum atomic E-state index is 11.3. The molecule has 1 aromatic carbocycles. The zero-order valence-electron chi connectivity index (χ0n) is 17.4. The molecular formula is C23H27ClN4O2. The molecule has 0 radical (unpaired) electrons. The SMILES string of the molecule is Cc1nc2ccc(C(=O)O)nc2n1Cc1ccc(N(C)CC2CCCCC2)cc1Cl. The van der Waals surface area contributed by atoms with Crippen LogP contribution in [0.2, 0.25) is 5.02 Å². The van der Waals surface area contributed by atoms with Crippen LogP contribution in [0, 0.1) is 12.8 Å². The maximum absolute atomic E-state index is 11.3. The number of benzene rings is 1. The molecule has 0 atom stereocenters. The second-order valence-electron chi connectivity index (χ2n) is 8.25. The molecule has 1 aliphatic carbocycles. The third kappa shape index (κ3) is 4.29. The van der Waals surface area contributed by atoms with E-state index in [-0.39, 0.29) is 5.69 Å². The Balaban J connectivity index is 1.56. The van der Waals surface area contributed by atoms with Crippen LogP contribution in [0.15, 0.2) is 30.3 Å². The third-order valence-electron chi connectivity index (χ3n) is 6.06. The highest BCUT2D eigenvalue weighted by molar-refractivity contribution is 6.31. The molecule has 4 rings (SSSR count). The number of hydrogen-bond donors (Lipinski definition) is 1. The molecule has 0 spiro atoms. The minimum absolute atomic E-state index is 0.00873. The number of carboxylic acid groups (broad SMARTS) is 1. The summed E-state index contributed by atoms with van der Waals surface area (Å²) in [6.45, 7) is 3.44. The van der Waals surface area contributed by atoms with Crippen LogP contribution in [0.1, 0.15) is 54.0 Å². The molecule has 0 bridgehead atoms. The molecule has 0 unspecified atom stereocenters. The van der Waals surface area contributed by atoms with Gasteiger partial charge in [0.15, 0.2) is 11.3 Å². The number of carbonyl (C=O) groups is 1.